The maximum atomic E-state index is 13.2. The van der Waals surface area contributed by atoms with Crippen molar-refractivity contribution in [3.8, 4) is 0 Å². The summed E-state index contributed by atoms with van der Waals surface area (Å²) in [4.78, 5) is 29.2. The number of ether oxygens (including phenoxy) is 1. The Bertz CT molecular complexity index is 701. The highest BCUT2D eigenvalue weighted by Crippen LogP contribution is 2.32. The monoisotopic (exact) mass is 404 g/mol. The van der Waals surface area contributed by atoms with E-state index in [0.717, 1.165) is 24.3 Å². The Morgan fingerprint density at radius 1 is 1.10 bits per heavy atom. The molecule has 1 saturated heterocycles. The number of piperazine rings is 1. The molecule has 3 rings (SSSR count). The van der Waals surface area contributed by atoms with E-state index in [-0.39, 0.29) is 11.8 Å². The van der Waals surface area contributed by atoms with Gasteiger partial charge in [-0.05, 0) is 32.8 Å². The molecule has 0 spiro atoms. The van der Waals surface area contributed by atoms with Crippen LogP contribution in [0.2, 0.25) is 0 Å². The Hall–Kier alpha value is -1.86. The van der Waals surface area contributed by atoms with Gasteiger partial charge in [0.05, 0.1) is 18.7 Å². The topological polar surface area (TPSA) is 66.8 Å². The van der Waals surface area contributed by atoms with E-state index >= 15 is 0 Å². The second-order valence-corrected chi connectivity index (χ2v) is 8.36. The van der Waals surface area contributed by atoms with Gasteiger partial charge in [0, 0.05) is 57.3 Å². The molecule has 162 valence electrons. The first-order valence-electron chi connectivity index (χ1n) is 11.0. The summed E-state index contributed by atoms with van der Waals surface area (Å²) in [6.07, 6.45) is 6.33. The number of amides is 2. The van der Waals surface area contributed by atoms with Crippen molar-refractivity contribution in [3.05, 3.63) is 23.0 Å². The molecule has 7 heteroatoms. The zero-order valence-electron chi connectivity index (χ0n) is 18.2. The van der Waals surface area contributed by atoms with E-state index in [1.54, 1.807) is 7.11 Å². The Kier molecular flexibility index (Phi) is 7.72. The summed E-state index contributed by atoms with van der Waals surface area (Å²) in [7, 11) is 1.62. The molecular formula is C22H36N4O3. The fourth-order valence-electron chi connectivity index (χ4n) is 4.73. The molecule has 0 unspecified atom stereocenters. The van der Waals surface area contributed by atoms with Gasteiger partial charge in [0.25, 0.3) is 5.91 Å². The molecule has 29 heavy (non-hydrogen) atoms. The fraction of sp³-hybridized carbons (Fsp3) is 0.727. The van der Waals surface area contributed by atoms with Crippen molar-refractivity contribution in [2.24, 2.45) is 0 Å². The number of carbonyl (C=O) groups excluding carboxylic acids is 2. The number of aromatic nitrogens is 1. The zero-order valence-corrected chi connectivity index (χ0v) is 18.2. The number of nitrogens with one attached hydrogen (secondary N) is 1. The normalized spacial score (nSPS) is 18.8. The predicted octanol–water partition coefficient (Wildman–Crippen LogP) is 2.13. The molecule has 1 aromatic heterocycles. The van der Waals surface area contributed by atoms with Crippen molar-refractivity contribution in [1.29, 1.82) is 0 Å². The van der Waals surface area contributed by atoms with Crippen molar-refractivity contribution in [3.63, 3.8) is 0 Å². The number of methoxy groups -OCH3 is 1. The Morgan fingerprint density at radius 3 is 2.45 bits per heavy atom. The van der Waals surface area contributed by atoms with E-state index in [2.05, 4.69) is 34.7 Å². The highest BCUT2D eigenvalue weighted by atomic mass is 16.5. The molecule has 1 saturated carbocycles. The van der Waals surface area contributed by atoms with Gasteiger partial charge in [-0.25, -0.2) is 0 Å². The van der Waals surface area contributed by atoms with Crippen LogP contribution in [-0.4, -0.2) is 79.2 Å². The third kappa shape index (κ3) is 5.39. The average molecular weight is 405 g/mol. The first-order chi connectivity index (χ1) is 14.0. The van der Waals surface area contributed by atoms with Crippen LogP contribution in [-0.2, 0) is 9.53 Å². The summed E-state index contributed by atoms with van der Waals surface area (Å²) in [5.74, 6) is 0.141. The standard InChI is InChI=1S/C22H36N4O3/c1-17-15-20(18(2)26(17)19-7-5-4-6-8-19)22(28)25-12-10-24(11-13-25)16-21(27)23-9-14-29-3/h15,19H,4-14,16H2,1-3H3,(H,23,27). The Balaban J connectivity index is 1.55. The number of hydrogen-bond acceptors (Lipinski definition) is 4. The van der Waals surface area contributed by atoms with Gasteiger partial charge in [0.15, 0.2) is 0 Å². The van der Waals surface area contributed by atoms with Crippen molar-refractivity contribution in [1.82, 2.24) is 19.7 Å². The number of rotatable bonds is 7. The van der Waals surface area contributed by atoms with Gasteiger partial charge in [0.1, 0.15) is 0 Å². The second-order valence-electron chi connectivity index (χ2n) is 8.36. The maximum absolute atomic E-state index is 13.2. The lowest BCUT2D eigenvalue weighted by molar-refractivity contribution is -0.122. The van der Waals surface area contributed by atoms with Gasteiger partial charge in [-0.15, -0.1) is 0 Å². The number of aryl methyl sites for hydroxylation is 1. The lowest BCUT2D eigenvalue weighted by Gasteiger charge is -2.34. The number of hydrogen-bond donors (Lipinski definition) is 1. The lowest BCUT2D eigenvalue weighted by Crippen LogP contribution is -2.51. The molecule has 0 radical (unpaired) electrons. The van der Waals surface area contributed by atoms with Gasteiger partial charge in [-0.2, -0.15) is 0 Å². The molecule has 2 heterocycles. The lowest BCUT2D eigenvalue weighted by atomic mass is 9.95. The summed E-state index contributed by atoms with van der Waals surface area (Å²) >= 11 is 0. The van der Waals surface area contributed by atoms with E-state index in [1.807, 2.05) is 4.90 Å². The Labute approximate surface area is 174 Å². The quantitative estimate of drug-likeness (QED) is 0.707. The first-order valence-corrected chi connectivity index (χ1v) is 11.0. The minimum atomic E-state index is 0.0119. The smallest absolute Gasteiger partial charge is 0.255 e. The van der Waals surface area contributed by atoms with E-state index in [1.165, 1.54) is 37.8 Å². The van der Waals surface area contributed by atoms with Crippen LogP contribution >= 0.6 is 0 Å². The molecular weight excluding hydrogens is 368 g/mol. The molecule has 0 aromatic carbocycles. The average Bonchev–Trinajstić information content (AvgIpc) is 3.03. The van der Waals surface area contributed by atoms with Crippen molar-refractivity contribution in [2.45, 2.75) is 52.0 Å². The van der Waals surface area contributed by atoms with Crippen LogP contribution in [0.3, 0.4) is 0 Å². The molecule has 1 aliphatic heterocycles. The van der Waals surface area contributed by atoms with E-state index < -0.39 is 0 Å². The van der Waals surface area contributed by atoms with Crippen LogP contribution in [0.5, 0.6) is 0 Å². The first kappa shape index (κ1) is 21.8. The molecule has 1 aromatic rings. The van der Waals surface area contributed by atoms with Crippen LogP contribution in [0, 0.1) is 13.8 Å². The summed E-state index contributed by atoms with van der Waals surface area (Å²) in [6, 6.07) is 2.61. The summed E-state index contributed by atoms with van der Waals surface area (Å²) in [5.41, 5.74) is 3.15. The molecule has 1 N–H and O–H groups in total. The Morgan fingerprint density at radius 2 is 1.79 bits per heavy atom. The van der Waals surface area contributed by atoms with Crippen molar-refractivity contribution >= 4 is 11.8 Å². The van der Waals surface area contributed by atoms with Gasteiger partial charge in [0.2, 0.25) is 5.91 Å². The minimum Gasteiger partial charge on any atom is -0.383 e. The van der Waals surface area contributed by atoms with Gasteiger partial charge < -0.3 is 19.5 Å². The van der Waals surface area contributed by atoms with Gasteiger partial charge in [-0.1, -0.05) is 19.3 Å². The van der Waals surface area contributed by atoms with Crippen LogP contribution < -0.4 is 5.32 Å². The van der Waals surface area contributed by atoms with Crippen LogP contribution in [0.1, 0.15) is 59.9 Å². The highest BCUT2D eigenvalue weighted by molar-refractivity contribution is 5.95. The van der Waals surface area contributed by atoms with Crippen LogP contribution in [0.15, 0.2) is 6.07 Å². The summed E-state index contributed by atoms with van der Waals surface area (Å²) in [6.45, 7) is 8.43. The van der Waals surface area contributed by atoms with E-state index in [9.17, 15) is 9.59 Å². The molecule has 1 aliphatic carbocycles. The van der Waals surface area contributed by atoms with Crippen LogP contribution in [0.4, 0.5) is 0 Å². The SMILES string of the molecule is COCCNC(=O)CN1CCN(C(=O)c2cc(C)n(C3CCCCC3)c2C)CC1. The van der Waals surface area contributed by atoms with E-state index in [0.29, 0.717) is 38.8 Å². The number of nitrogens with zero attached hydrogens (tertiary/aromatic N) is 3. The molecule has 2 fully saturated rings. The summed E-state index contributed by atoms with van der Waals surface area (Å²) < 4.78 is 7.34. The third-order valence-electron chi connectivity index (χ3n) is 6.31. The fourth-order valence-corrected chi connectivity index (χ4v) is 4.73. The van der Waals surface area contributed by atoms with Crippen molar-refractivity contribution in [2.75, 3.05) is 53.0 Å². The summed E-state index contributed by atoms with van der Waals surface area (Å²) in [5, 5.41) is 2.85. The van der Waals surface area contributed by atoms with E-state index in [4.69, 9.17) is 4.74 Å². The molecule has 7 nitrogen and oxygen atoms in total. The second kappa shape index (κ2) is 10.3. The van der Waals surface area contributed by atoms with Gasteiger partial charge >= 0.3 is 0 Å². The third-order valence-corrected chi connectivity index (χ3v) is 6.31. The predicted molar refractivity (Wildman–Crippen MR) is 113 cm³/mol. The zero-order chi connectivity index (χ0) is 20.8. The highest BCUT2D eigenvalue weighted by Gasteiger charge is 2.27. The molecule has 0 atom stereocenters. The molecule has 2 aliphatic rings. The molecule has 0 bridgehead atoms. The largest absolute Gasteiger partial charge is 0.383 e. The minimum absolute atomic E-state index is 0.0119. The maximum Gasteiger partial charge on any atom is 0.255 e. The van der Waals surface area contributed by atoms with Gasteiger partial charge in [-0.3, -0.25) is 14.5 Å². The van der Waals surface area contributed by atoms with Crippen molar-refractivity contribution < 1.29 is 14.3 Å². The molecule has 2 amide bonds. The van der Waals surface area contributed by atoms with Crippen LogP contribution in [0.25, 0.3) is 0 Å². The number of carbonyl (C=O) groups is 2.